The van der Waals surface area contributed by atoms with E-state index in [-0.39, 0.29) is 5.91 Å². The highest BCUT2D eigenvalue weighted by atomic mass is 35.5. The van der Waals surface area contributed by atoms with Crippen molar-refractivity contribution in [2.45, 2.75) is 19.3 Å². The van der Waals surface area contributed by atoms with Gasteiger partial charge in [0.25, 0.3) is 0 Å². The highest BCUT2D eigenvalue weighted by Gasteiger charge is 2.17. The summed E-state index contributed by atoms with van der Waals surface area (Å²) >= 11 is 11.8. The largest absolute Gasteiger partial charge is 0.383 e. The standard InChI is InChI=1S/C13H16Cl2N2O/c14-10-3-4-12(11(15)9-10)16-6-5-13(18)17-7-1-2-8-17/h3-4,9,16H,1-2,5-8H2. The van der Waals surface area contributed by atoms with Crippen LogP contribution >= 0.6 is 23.2 Å². The van der Waals surface area contributed by atoms with Crippen LogP contribution in [0.4, 0.5) is 5.69 Å². The van der Waals surface area contributed by atoms with E-state index in [0.717, 1.165) is 31.6 Å². The van der Waals surface area contributed by atoms with E-state index >= 15 is 0 Å². The maximum absolute atomic E-state index is 11.8. The number of carbonyl (C=O) groups is 1. The molecule has 98 valence electrons. The number of carbonyl (C=O) groups excluding carboxylic acids is 1. The predicted octanol–water partition coefficient (Wildman–Crippen LogP) is 3.42. The second kappa shape index (κ2) is 6.30. The topological polar surface area (TPSA) is 32.3 Å². The molecule has 0 atom stereocenters. The molecular weight excluding hydrogens is 271 g/mol. The van der Waals surface area contributed by atoms with Crippen LogP contribution in [0.15, 0.2) is 18.2 Å². The van der Waals surface area contributed by atoms with Crippen molar-refractivity contribution in [1.82, 2.24) is 4.90 Å². The zero-order chi connectivity index (χ0) is 13.0. The Morgan fingerprint density at radius 1 is 1.28 bits per heavy atom. The van der Waals surface area contributed by atoms with E-state index in [4.69, 9.17) is 23.2 Å². The third-order valence-electron chi connectivity index (χ3n) is 3.04. The summed E-state index contributed by atoms with van der Waals surface area (Å²) in [6.07, 6.45) is 2.75. The minimum absolute atomic E-state index is 0.213. The molecular formula is C13H16Cl2N2O. The molecule has 1 N–H and O–H groups in total. The first-order chi connectivity index (χ1) is 8.66. The Morgan fingerprint density at radius 2 is 2.00 bits per heavy atom. The lowest BCUT2D eigenvalue weighted by atomic mass is 10.3. The van der Waals surface area contributed by atoms with Crippen molar-refractivity contribution in [3.05, 3.63) is 28.2 Å². The van der Waals surface area contributed by atoms with Crippen molar-refractivity contribution in [2.24, 2.45) is 0 Å². The van der Waals surface area contributed by atoms with E-state index in [2.05, 4.69) is 5.32 Å². The lowest BCUT2D eigenvalue weighted by molar-refractivity contribution is -0.129. The molecule has 0 aliphatic carbocycles. The number of nitrogens with zero attached hydrogens (tertiary/aromatic N) is 1. The summed E-state index contributed by atoms with van der Waals surface area (Å²) in [6, 6.07) is 5.29. The number of nitrogens with one attached hydrogen (secondary N) is 1. The highest BCUT2D eigenvalue weighted by Crippen LogP contribution is 2.25. The molecule has 0 bridgehead atoms. The van der Waals surface area contributed by atoms with Gasteiger partial charge < -0.3 is 10.2 Å². The predicted molar refractivity (Wildman–Crippen MR) is 75.4 cm³/mol. The van der Waals surface area contributed by atoms with Gasteiger partial charge in [-0.1, -0.05) is 23.2 Å². The van der Waals surface area contributed by atoms with Crippen LogP contribution in [0.25, 0.3) is 0 Å². The minimum atomic E-state index is 0.213. The summed E-state index contributed by atoms with van der Waals surface area (Å²) in [5.74, 6) is 0.213. The van der Waals surface area contributed by atoms with Gasteiger partial charge in [0, 0.05) is 31.1 Å². The number of anilines is 1. The second-order valence-electron chi connectivity index (χ2n) is 4.39. The molecule has 1 aromatic carbocycles. The van der Waals surface area contributed by atoms with Crippen LogP contribution < -0.4 is 5.32 Å². The quantitative estimate of drug-likeness (QED) is 0.920. The monoisotopic (exact) mass is 286 g/mol. The van der Waals surface area contributed by atoms with Gasteiger partial charge in [0.2, 0.25) is 5.91 Å². The maximum atomic E-state index is 11.8. The molecule has 0 saturated carbocycles. The summed E-state index contributed by atoms with van der Waals surface area (Å²) in [6.45, 7) is 2.40. The molecule has 1 amide bonds. The van der Waals surface area contributed by atoms with E-state index < -0.39 is 0 Å². The van der Waals surface area contributed by atoms with Crippen molar-refractivity contribution < 1.29 is 4.79 Å². The van der Waals surface area contributed by atoms with E-state index in [0.29, 0.717) is 23.0 Å². The average Bonchev–Trinajstić information content (AvgIpc) is 2.85. The highest BCUT2D eigenvalue weighted by molar-refractivity contribution is 6.36. The summed E-state index contributed by atoms with van der Waals surface area (Å²) in [5, 5.41) is 4.35. The Kier molecular flexibility index (Phi) is 4.72. The maximum Gasteiger partial charge on any atom is 0.224 e. The Balaban J connectivity index is 1.79. The third-order valence-corrected chi connectivity index (χ3v) is 3.59. The normalized spacial score (nSPS) is 14.9. The molecule has 1 aromatic rings. The molecule has 1 aliphatic heterocycles. The zero-order valence-corrected chi connectivity index (χ0v) is 11.6. The SMILES string of the molecule is O=C(CCNc1ccc(Cl)cc1Cl)N1CCCC1. The Hall–Kier alpha value is -0.930. The van der Waals surface area contributed by atoms with Gasteiger partial charge in [-0.15, -0.1) is 0 Å². The minimum Gasteiger partial charge on any atom is -0.383 e. The van der Waals surface area contributed by atoms with E-state index in [1.807, 2.05) is 11.0 Å². The van der Waals surface area contributed by atoms with Crippen LogP contribution in [-0.4, -0.2) is 30.4 Å². The molecule has 1 saturated heterocycles. The Labute approximate surface area is 117 Å². The number of halogens is 2. The molecule has 1 heterocycles. The van der Waals surface area contributed by atoms with Crippen LogP contribution in [-0.2, 0) is 4.79 Å². The Morgan fingerprint density at radius 3 is 2.67 bits per heavy atom. The molecule has 0 unspecified atom stereocenters. The zero-order valence-electron chi connectivity index (χ0n) is 10.1. The number of likely N-dealkylation sites (tertiary alicyclic amines) is 1. The van der Waals surface area contributed by atoms with Crippen molar-refractivity contribution in [2.75, 3.05) is 25.0 Å². The molecule has 0 radical (unpaired) electrons. The number of amides is 1. The van der Waals surface area contributed by atoms with E-state index in [9.17, 15) is 4.79 Å². The molecule has 0 aromatic heterocycles. The first-order valence-corrected chi connectivity index (χ1v) is 6.89. The molecule has 18 heavy (non-hydrogen) atoms. The lowest BCUT2D eigenvalue weighted by Gasteiger charge is -2.15. The summed E-state index contributed by atoms with van der Waals surface area (Å²) in [7, 11) is 0. The summed E-state index contributed by atoms with van der Waals surface area (Å²) < 4.78 is 0. The molecule has 0 spiro atoms. The Bertz CT molecular complexity index is 431. The van der Waals surface area contributed by atoms with E-state index in [1.165, 1.54) is 0 Å². The van der Waals surface area contributed by atoms with Crippen LogP contribution in [0, 0.1) is 0 Å². The lowest BCUT2D eigenvalue weighted by Crippen LogP contribution is -2.29. The molecule has 3 nitrogen and oxygen atoms in total. The van der Waals surface area contributed by atoms with Crippen LogP contribution in [0.2, 0.25) is 10.0 Å². The third kappa shape index (κ3) is 3.53. The summed E-state index contributed by atoms with van der Waals surface area (Å²) in [5.41, 5.74) is 0.815. The van der Waals surface area contributed by atoms with Crippen LogP contribution in [0.1, 0.15) is 19.3 Å². The van der Waals surface area contributed by atoms with Crippen molar-refractivity contribution in [1.29, 1.82) is 0 Å². The van der Waals surface area contributed by atoms with Crippen LogP contribution in [0.5, 0.6) is 0 Å². The number of hydrogen-bond acceptors (Lipinski definition) is 2. The van der Waals surface area contributed by atoms with Crippen molar-refractivity contribution in [3.63, 3.8) is 0 Å². The van der Waals surface area contributed by atoms with Gasteiger partial charge in [-0.05, 0) is 31.0 Å². The van der Waals surface area contributed by atoms with Crippen molar-refractivity contribution in [3.8, 4) is 0 Å². The van der Waals surface area contributed by atoms with Gasteiger partial charge in [-0.25, -0.2) is 0 Å². The van der Waals surface area contributed by atoms with Gasteiger partial charge in [0.1, 0.15) is 0 Å². The molecule has 2 rings (SSSR count). The van der Waals surface area contributed by atoms with Crippen LogP contribution in [0.3, 0.4) is 0 Å². The first kappa shape index (κ1) is 13.5. The fraction of sp³-hybridized carbons (Fsp3) is 0.462. The van der Waals surface area contributed by atoms with Crippen molar-refractivity contribution >= 4 is 34.8 Å². The fourth-order valence-electron chi connectivity index (χ4n) is 2.06. The number of rotatable bonds is 4. The molecule has 1 fully saturated rings. The molecule has 5 heteroatoms. The molecule has 1 aliphatic rings. The number of hydrogen-bond donors (Lipinski definition) is 1. The van der Waals surface area contributed by atoms with Gasteiger partial charge in [0.05, 0.1) is 10.7 Å². The average molecular weight is 287 g/mol. The number of benzene rings is 1. The van der Waals surface area contributed by atoms with Gasteiger partial charge >= 0.3 is 0 Å². The van der Waals surface area contributed by atoms with Gasteiger partial charge in [-0.3, -0.25) is 4.79 Å². The fourth-order valence-corrected chi connectivity index (χ4v) is 2.54. The van der Waals surface area contributed by atoms with Gasteiger partial charge in [-0.2, -0.15) is 0 Å². The smallest absolute Gasteiger partial charge is 0.224 e. The first-order valence-electron chi connectivity index (χ1n) is 6.13. The van der Waals surface area contributed by atoms with Gasteiger partial charge in [0.15, 0.2) is 0 Å². The van der Waals surface area contributed by atoms with E-state index in [1.54, 1.807) is 12.1 Å². The second-order valence-corrected chi connectivity index (χ2v) is 5.23. The summed E-state index contributed by atoms with van der Waals surface area (Å²) in [4.78, 5) is 13.7.